The number of carbonyl (C=O) groups excluding carboxylic acids is 1. The quantitative estimate of drug-likeness (QED) is 0.694. The van der Waals surface area contributed by atoms with E-state index in [4.69, 9.17) is 20.4 Å². The number of rotatable bonds is 4. The van der Waals surface area contributed by atoms with Crippen molar-refractivity contribution in [2.75, 3.05) is 13.1 Å². The maximum Gasteiger partial charge on any atom is 0.291 e. The van der Waals surface area contributed by atoms with E-state index < -0.39 is 0 Å². The van der Waals surface area contributed by atoms with Crippen molar-refractivity contribution in [1.29, 1.82) is 0 Å². The maximum absolute atomic E-state index is 12.4. The molecule has 2 aromatic heterocycles. The van der Waals surface area contributed by atoms with Gasteiger partial charge in [0.25, 0.3) is 5.91 Å². The third-order valence-electron chi connectivity index (χ3n) is 4.54. The van der Waals surface area contributed by atoms with Gasteiger partial charge in [-0.25, -0.2) is 9.97 Å². The van der Waals surface area contributed by atoms with E-state index in [-0.39, 0.29) is 17.6 Å². The van der Waals surface area contributed by atoms with E-state index >= 15 is 0 Å². The van der Waals surface area contributed by atoms with Crippen molar-refractivity contribution in [2.24, 2.45) is 0 Å². The fourth-order valence-electron chi connectivity index (χ4n) is 3.28. The van der Waals surface area contributed by atoms with E-state index in [1.54, 1.807) is 11.1 Å². The normalized spacial score (nSPS) is 17.4. The largest absolute Gasteiger partial charge is 0.445 e. The number of hydrogen-bond acceptors (Lipinski definition) is 5. The van der Waals surface area contributed by atoms with Crippen LogP contribution >= 0.6 is 11.6 Å². The second kappa shape index (κ2) is 7.33. The minimum atomic E-state index is -0.141. The molecule has 4 rings (SSSR count). The minimum Gasteiger partial charge on any atom is -0.445 e. The van der Waals surface area contributed by atoms with E-state index in [0.717, 1.165) is 24.2 Å². The van der Waals surface area contributed by atoms with Crippen LogP contribution in [0.5, 0.6) is 0 Å². The lowest BCUT2D eigenvalue weighted by Gasteiger charge is -2.30. The number of likely N-dealkylation sites (tertiary alicyclic amines) is 1. The Kier molecular flexibility index (Phi) is 4.75. The molecule has 0 bridgehead atoms. The molecule has 0 spiro atoms. The van der Waals surface area contributed by atoms with Gasteiger partial charge in [0.1, 0.15) is 5.76 Å². The Balaban J connectivity index is 1.44. The molecule has 6 nitrogen and oxygen atoms in total. The first-order valence-electron chi connectivity index (χ1n) is 8.56. The van der Waals surface area contributed by atoms with Gasteiger partial charge >= 0.3 is 0 Å². The van der Waals surface area contributed by atoms with E-state index in [1.807, 2.05) is 24.3 Å². The topological polar surface area (TPSA) is 72.4 Å². The second-order valence-electron chi connectivity index (χ2n) is 6.43. The molecule has 1 aromatic carbocycles. The van der Waals surface area contributed by atoms with Gasteiger partial charge < -0.3 is 13.7 Å². The second-order valence-corrected chi connectivity index (χ2v) is 6.86. The van der Waals surface area contributed by atoms with Crippen molar-refractivity contribution in [3.63, 3.8) is 0 Å². The number of hydrogen-bond donors (Lipinski definition) is 0. The number of nitrogens with zero attached hydrogens (tertiary/aromatic N) is 3. The first-order valence-corrected chi connectivity index (χ1v) is 8.93. The fourth-order valence-corrected chi connectivity index (χ4v) is 3.49. The number of oxazole rings is 2. The SMILES string of the molecule is O=C(c1cnco1)N1CCCC(c2ncc(Cc3cccc(Cl)c3)o2)C1. The van der Waals surface area contributed by atoms with Gasteiger partial charge in [0, 0.05) is 24.5 Å². The van der Waals surface area contributed by atoms with Crippen molar-refractivity contribution >= 4 is 17.5 Å². The van der Waals surface area contributed by atoms with E-state index in [0.29, 0.717) is 30.4 Å². The number of carbonyl (C=O) groups is 1. The average molecular weight is 372 g/mol. The highest BCUT2D eigenvalue weighted by Gasteiger charge is 2.29. The third kappa shape index (κ3) is 3.65. The summed E-state index contributed by atoms with van der Waals surface area (Å²) < 4.78 is 11.1. The standard InChI is InChI=1S/C19H18ClN3O3/c20-15-5-1-3-13(7-15)8-16-9-22-18(26-16)14-4-2-6-23(11-14)19(24)17-10-21-12-25-17/h1,3,5,7,9-10,12,14H,2,4,6,8,11H2. The minimum absolute atomic E-state index is 0.0868. The Hall–Kier alpha value is -2.60. The Morgan fingerprint density at radius 3 is 3.08 bits per heavy atom. The molecule has 1 unspecified atom stereocenters. The lowest BCUT2D eigenvalue weighted by Crippen LogP contribution is -2.39. The van der Waals surface area contributed by atoms with Crippen LogP contribution in [-0.4, -0.2) is 33.9 Å². The zero-order valence-electron chi connectivity index (χ0n) is 14.1. The predicted molar refractivity (Wildman–Crippen MR) is 95.1 cm³/mol. The molecule has 0 aliphatic carbocycles. The molecule has 134 valence electrons. The Bertz CT molecular complexity index is 891. The summed E-state index contributed by atoms with van der Waals surface area (Å²) in [5.74, 6) is 1.68. The molecule has 0 radical (unpaired) electrons. The Morgan fingerprint density at radius 1 is 1.35 bits per heavy atom. The molecular formula is C19H18ClN3O3. The molecule has 0 N–H and O–H groups in total. The summed E-state index contributed by atoms with van der Waals surface area (Å²) in [6.45, 7) is 1.27. The fraction of sp³-hybridized carbons (Fsp3) is 0.316. The molecule has 0 saturated carbocycles. The van der Waals surface area contributed by atoms with Crippen LogP contribution < -0.4 is 0 Å². The summed E-state index contributed by atoms with van der Waals surface area (Å²) >= 11 is 6.03. The zero-order valence-corrected chi connectivity index (χ0v) is 14.9. The first-order chi connectivity index (χ1) is 12.7. The van der Waals surface area contributed by atoms with Crippen molar-refractivity contribution in [3.05, 3.63) is 71.1 Å². The van der Waals surface area contributed by atoms with Crippen LogP contribution in [0.2, 0.25) is 5.02 Å². The zero-order chi connectivity index (χ0) is 17.9. The lowest BCUT2D eigenvalue weighted by molar-refractivity contribution is 0.0666. The lowest BCUT2D eigenvalue weighted by atomic mass is 9.98. The molecule has 1 saturated heterocycles. The van der Waals surface area contributed by atoms with Crippen LogP contribution in [0, 0.1) is 0 Å². The molecule has 3 aromatic rings. The average Bonchev–Trinajstić information content (AvgIpc) is 3.33. The molecule has 26 heavy (non-hydrogen) atoms. The molecule has 7 heteroatoms. The highest BCUT2D eigenvalue weighted by atomic mass is 35.5. The van der Waals surface area contributed by atoms with Crippen molar-refractivity contribution in [3.8, 4) is 0 Å². The highest BCUT2D eigenvalue weighted by Crippen LogP contribution is 2.28. The molecular weight excluding hydrogens is 354 g/mol. The summed E-state index contributed by atoms with van der Waals surface area (Å²) in [6, 6.07) is 7.69. The van der Waals surface area contributed by atoms with Gasteiger partial charge in [-0.15, -0.1) is 0 Å². The molecule has 1 amide bonds. The van der Waals surface area contributed by atoms with Gasteiger partial charge in [0.15, 0.2) is 12.3 Å². The van der Waals surface area contributed by atoms with Crippen LogP contribution in [0.25, 0.3) is 0 Å². The van der Waals surface area contributed by atoms with Crippen LogP contribution in [0.1, 0.15) is 46.5 Å². The predicted octanol–water partition coefficient (Wildman–Crippen LogP) is 3.93. The van der Waals surface area contributed by atoms with Crippen molar-refractivity contribution in [1.82, 2.24) is 14.9 Å². The number of aromatic nitrogens is 2. The number of piperidine rings is 1. The third-order valence-corrected chi connectivity index (χ3v) is 4.77. The van der Waals surface area contributed by atoms with Gasteiger partial charge in [-0.3, -0.25) is 4.79 Å². The monoisotopic (exact) mass is 371 g/mol. The van der Waals surface area contributed by atoms with Crippen LogP contribution in [-0.2, 0) is 6.42 Å². The van der Waals surface area contributed by atoms with Crippen LogP contribution in [0.15, 0.2) is 51.9 Å². The summed E-state index contributed by atoms with van der Waals surface area (Å²) in [6.07, 6.45) is 6.95. The maximum atomic E-state index is 12.4. The first kappa shape index (κ1) is 16.8. The molecule has 1 aliphatic heterocycles. The smallest absolute Gasteiger partial charge is 0.291 e. The number of amides is 1. The van der Waals surface area contributed by atoms with Gasteiger partial charge in [-0.2, -0.15) is 0 Å². The molecule has 3 heterocycles. The van der Waals surface area contributed by atoms with Crippen molar-refractivity contribution < 1.29 is 13.6 Å². The summed E-state index contributed by atoms with van der Waals surface area (Å²) in [7, 11) is 0. The Morgan fingerprint density at radius 2 is 2.27 bits per heavy atom. The van der Waals surface area contributed by atoms with Gasteiger partial charge in [-0.1, -0.05) is 23.7 Å². The summed E-state index contributed by atoms with van der Waals surface area (Å²) in [5.41, 5.74) is 1.07. The molecule has 1 fully saturated rings. The highest BCUT2D eigenvalue weighted by molar-refractivity contribution is 6.30. The Labute approximate surface area is 155 Å². The van der Waals surface area contributed by atoms with Crippen LogP contribution in [0.4, 0.5) is 0 Å². The number of halogens is 1. The van der Waals surface area contributed by atoms with Gasteiger partial charge in [0.2, 0.25) is 5.76 Å². The van der Waals surface area contributed by atoms with E-state index in [2.05, 4.69) is 9.97 Å². The van der Waals surface area contributed by atoms with E-state index in [1.165, 1.54) is 12.6 Å². The van der Waals surface area contributed by atoms with Gasteiger partial charge in [0.05, 0.1) is 18.3 Å². The van der Waals surface area contributed by atoms with E-state index in [9.17, 15) is 4.79 Å². The van der Waals surface area contributed by atoms with Crippen molar-refractivity contribution in [2.45, 2.75) is 25.2 Å². The van der Waals surface area contributed by atoms with Crippen LogP contribution in [0.3, 0.4) is 0 Å². The summed E-state index contributed by atoms with van der Waals surface area (Å²) in [5, 5.41) is 0.705. The summed E-state index contributed by atoms with van der Waals surface area (Å²) in [4.78, 5) is 22.5. The molecule has 1 aliphatic rings. The van der Waals surface area contributed by atoms with Gasteiger partial charge in [-0.05, 0) is 30.5 Å². The number of benzene rings is 1. The molecule has 1 atom stereocenters.